The Morgan fingerprint density at radius 2 is 0.942 bits per heavy atom. The SMILES string of the molecule is CCN(Cc1cc(C(=O)C(O)[C@@H](O)[C@@H](O)[C@H](O)[C@H](O)C(O)C(=O)c2cc(Br)c(N)c(CN(CC)C3CCCCC3)c2)cc(Br)c1N)C1CCCCC1. The van der Waals surface area contributed by atoms with Crippen LogP contribution in [0.3, 0.4) is 0 Å². The predicted molar refractivity (Wildman–Crippen MR) is 208 cm³/mol. The number of benzene rings is 2. The van der Waals surface area contributed by atoms with Gasteiger partial charge in [0.15, 0.2) is 11.6 Å². The molecule has 0 spiro atoms. The summed E-state index contributed by atoms with van der Waals surface area (Å²) in [6.07, 6.45) is -2.38. The summed E-state index contributed by atoms with van der Waals surface area (Å²) in [4.78, 5) is 31.4. The molecule has 6 atom stereocenters. The zero-order chi connectivity index (χ0) is 38.3. The third-order valence-corrected chi connectivity index (χ3v) is 12.3. The van der Waals surface area contributed by atoms with E-state index in [-0.39, 0.29) is 11.1 Å². The summed E-state index contributed by atoms with van der Waals surface area (Å²) in [5, 5.41) is 64.9. The third-order valence-electron chi connectivity index (χ3n) is 11.0. The van der Waals surface area contributed by atoms with Crippen LogP contribution in [0.4, 0.5) is 11.4 Å². The maximum Gasteiger partial charge on any atom is 0.194 e. The van der Waals surface area contributed by atoms with Crippen molar-refractivity contribution < 1.29 is 40.2 Å². The lowest BCUT2D eigenvalue weighted by Crippen LogP contribution is -2.54. The Bertz CT molecular complexity index is 1410. The van der Waals surface area contributed by atoms with Crippen LogP contribution >= 0.6 is 31.9 Å². The number of aliphatic hydroxyl groups excluding tert-OH is 6. The van der Waals surface area contributed by atoms with Gasteiger partial charge in [-0.1, -0.05) is 52.4 Å². The van der Waals surface area contributed by atoms with Crippen LogP contribution in [0.1, 0.15) is 110 Å². The number of carbonyl (C=O) groups excluding carboxylic acids is 2. The molecule has 0 aromatic heterocycles. The van der Waals surface area contributed by atoms with Crippen LogP contribution in [-0.4, -0.2) is 114 Å². The Morgan fingerprint density at radius 1 is 0.615 bits per heavy atom. The zero-order valence-corrected chi connectivity index (χ0v) is 33.3. The number of nitrogens with zero attached hydrogens (tertiary/aromatic N) is 2. The summed E-state index contributed by atoms with van der Waals surface area (Å²) in [6, 6.07) is 6.66. The summed E-state index contributed by atoms with van der Waals surface area (Å²) in [5.41, 5.74) is 14.9. The van der Waals surface area contributed by atoms with Crippen LogP contribution in [0.15, 0.2) is 33.2 Å². The number of nitrogens with two attached hydrogens (primary N) is 2. The van der Waals surface area contributed by atoms with Crippen molar-refractivity contribution in [2.24, 2.45) is 0 Å². The first-order valence-corrected chi connectivity index (χ1v) is 20.1. The third kappa shape index (κ3) is 10.2. The summed E-state index contributed by atoms with van der Waals surface area (Å²) in [5.74, 6) is -1.91. The number of Topliss-reactive ketones (excluding diaryl/α,β-unsaturated/α-hetero) is 2. The standard InChI is InChI=1S/C38H56Br2N4O8/c1-3-43(25-11-7-5-8-12-25)19-23-15-21(17-27(39)29(23)41)31(45)33(47)35(49)37(51)38(52)36(50)34(48)32(46)22-16-24(30(42)28(40)18-22)20-44(4-2)26-13-9-6-10-14-26/h15-18,25-26,33-38,47-52H,3-14,19-20,41-42H2,1-2H3/t33?,34?,35-,36-,37-,38-/m1/s1. The van der Waals surface area contributed by atoms with Gasteiger partial charge < -0.3 is 42.1 Å². The lowest BCUT2D eigenvalue weighted by Gasteiger charge is -2.34. The van der Waals surface area contributed by atoms with Gasteiger partial charge in [-0.2, -0.15) is 0 Å². The highest BCUT2D eigenvalue weighted by molar-refractivity contribution is 9.11. The molecule has 290 valence electrons. The topological polar surface area (TPSA) is 214 Å². The van der Waals surface area contributed by atoms with Gasteiger partial charge in [0.25, 0.3) is 0 Å². The van der Waals surface area contributed by atoms with Crippen LogP contribution in [0.5, 0.6) is 0 Å². The maximum absolute atomic E-state index is 13.4. The minimum absolute atomic E-state index is 0.00892. The zero-order valence-electron chi connectivity index (χ0n) is 30.1. The molecule has 2 fully saturated rings. The van der Waals surface area contributed by atoms with Crippen molar-refractivity contribution in [2.75, 3.05) is 24.6 Å². The second-order valence-corrected chi connectivity index (χ2v) is 16.1. The Kier molecular flexibility index (Phi) is 16.1. The Labute approximate surface area is 323 Å². The largest absolute Gasteiger partial charge is 0.398 e. The number of rotatable bonds is 17. The van der Waals surface area contributed by atoms with E-state index in [1.807, 2.05) is 0 Å². The van der Waals surface area contributed by atoms with Gasteiger partial charge in [0.1, 0.15) is 36.6 Å². The number of halogens is 2. The van der Waals surface area contributed by atoms with Gasteiger partial charge in [0, 0.05) is 45.2 Å². The number of aliphatic hydroxyl groups is 6. The average Bonchev–Trinajstić information content (AvgIpc) is 3.17. The number of ketones is 2. The van der Waals surface area contributed by atoms with Crippen LogP contribution in [0.2, 0.25) is 0 Å². The lowest BCUT2D eigenvalue weighted by atomic mass is 9.90. The normalized spacial score (nSPS) is 19.7. The monoisotopic (exact) mass is 854 g/mol. The molecule has 4 rings (SSSR count). The van der Waals surface area contributed by atoms with Crippen LogP contribution in [-0.2, 0) is 13.1 Å². The van der Waals surface area contributed by atoms with Crippen molar-refractivity contribution in [1.29, 1.82) is 0 Å². The molecule has 10 N–H and O–H groups in total. The van der Waals surface area contributed by atoms with Crippen molar-refractivity contribution >= 4 is 54.8 Å². The second-order valence-electron chi connectivity index (χ2n) is 14.4. The highest BCUT2D eigenvalue weighted by Crippen LogP contribution is 2.32. The number of anilines is 2. The van der Waals surface area contributed by atoms with Crippen molar-refractivity contribution in [2.45, 2.75) is 140 Å². The first-order valence-electron chi connectivity index (χ1n) is 18.5. The van der Waals surface area contributed by atoms with Gasteiger partial charge in [-0.15, -0.1) is 0 Å². The van der Waals surface area contributed by atoms with E-state index in [0.29, 0.717) is 56.6 Å². The van der Waals surface area contributed by atoms with E-state index in [9.17, 15) is 40.2 Å². The smallest absolute Gasteiger partial charge is 0.194 e. The fourth-order valence-electron chi connectivity index (χ4n) is 7.65. The molecule has 2 saturated carbocycles. The summed E-state index contributed by atoms with van der Waals surface area (Å²) >= 11 is 6.78. The molecule has 52 heavy (non-hydrogen) atoms. The highest BCUT2D eigenvalue weighted by atomic mass is 79.9. The van der Waals surface area contributed by atoms with E-state index in [1.54, 1.807) is 0 Å². The number of hydrogen-bond donors (Lipinski definition) is 8. The summed E-state index contributed by atoms with van der Waals surface area (Å²) in [6.45, 7) is 6.60. The molecule has 2 aromatic rings. The predicted octanol–water partition coefficient (Wildman–Crippen LogP) is 3.92. The Hall–Kier alpha value is -1.98. The molecular weight excluding hydrogens is 800 g/mol. The van der Waals surface area contributed by atoms with Gasteiger partial charge in [-0.3, -0.25) is 19.4 Å². The van der Waals surface area contributed by atoms with Crippen LogP contribution in [0, 0.1) is 0 Å². The van der Waals surface area contributed by atoms with Crippen molar-refractivity contribution in [3.8, 4) is 0 Å². The first kappa shape index (κ1) is 42.8. The fourth-order valence-corrected chi connectivity index (χ4v) is 8.66. The molecule has 12 nitrogen and oxygen atoms in total. The molecule has 0 saturated heterocycles. The quantitative estimate of drug-likeness (QED) is 0.0841. The fraction of sp³-hybridized carbons (Fsp3) is 0.632. The van der Waals surface area contributed by atoms with E-state index in [0.717, 1.165) is 64.5 Å². The van der Waals surface area contributed by atoms with Gasteiger partial charge >= 0.3 is 0 Å². The number of hydrogen-bond acceptors (Lipinski definition) is 12. The Morgan fingerprint density at radius 3 is 1.25 bits per heavy atom. The van der Waals surface area contributed by atoms with Crippen molar-refractivity contribution in [3.05, 3.63) is 55.5 Å². The van der Waals surface area contributed by atoms with Crippen LogP contribution < -0.4 is 11.5 Å². The maximum atomic E-state index is 13.4. The molecule has 0 bridgehead atoms. The first-order chi connectivity index (χ1) is 24.7. The molecule has 2 aliphatic rings. The number of carbonyl (C=O) groups is 2. The Balaban J connectivity index is 1.45. The summed E-state index contributed by atoms with van der Waals surface area (Å²) < 4.78 is 0.836. The lowest BCUT2D eigenvalue weighted by molar-refractivity contribution is -0.141. The molecular formula is C38H56Br2N4O8. The van der Waals surface area contributed by atoms with Crippen molar-refractivity contribution in [3.63, 3.8) is 0 Å². The minimum atomic E-state index is -2.32. The molecule has 0 amide bonds. The molecule has 2 unspecified atom stereocenters. The van der Waals surface area contributed by atoms with E-state index in [1.165, 1.54) is 37.1 Å². The van der Waals surface area contributed by atoms with Crippen LogP contribution in [0.25, 0.3) is 0 Å². The van der Waals surface area contributed by atoms with E-state index in [2.05, 4.69) is 55.5 Å². The van der Waals surface area contributed by atoms with Gasteiger partial charge in [0.2, 0.25) is 0 Å². The summed E-state index contributed by atoms with van der Waals surface area (Å²) in [7, 11) is 0. The molecule has 0 heterocycles. The molecule has 14 heteroatoms. The van der Waals surface area contributed by atoms with Gasteiger partial charge in [0.05, 0.1) is 11.4 Å². The minimum Gasteiger partial charge on any atom is -0.398 e. The average molecular weight is 857 g/mol. The van der Waals surface area contributed by atoms with E-state index in [4.69, 9.17) is 11.5 Å². The van der Waals surface area contributed by atoms with Gasteiger partial charge in [-0.05, 0) is 106 Å². The van der Waals surface area contributed by atoms with E-state index < -0.39 is 48.2 Å². The van der Waals surface area contributed by atoms with Crippen molar-refractivity contribution in [1.82, 2.24) is 9.80 Å². The van der Waals surface area contributed by atoms with E-state index >= 15 is 0 Å². The molecule has 2 aliphatic carbocycles. The highest BCUT2D eigenvalue weighted by Gasteiger charge is 2.41. The second kappa shape index (κ2) is 19.6. The number of nitrogen functional groups attached to an aromatic ring is 2. The molecule has 2 aromatic carbocycles. The molecule has 0 radical (unpaired) electrons. The molecule has 0 aliphatic heterocycles. The van der Waals surface area contributed by atoms with Gasteiger partial charge in [-0.25, -0.2) is 0 Å².